The zero-order valence-corrected chi connectivity index (χ0v) is 13.6. The van der Waals surface area contributed by atoms with E-state index in [1.54, 1.807) is 0 Å². The van der Waals surface area contributed by atoms with Crippen molar-refractivity contribution in [2.24, 2.45) is 0 Å². The number of hydrogen-bond acceptors (Lipinski definition) is 4. The Kier molecular flexibility index (Phi) is 4.29. The summed E-state index contributed by atoms with van der Waals surface area (Å²) in [5, 5.41) is 6.46. The van der Waals surface area contributed by atoms with Gasteiger partial charge in [-0.2, -0.15) is 0 Å². The van der Waals surface area contributed by atoms with Crippen LogP contribution in [0.4, 0.5) is 10.1 Å². The summed E-state index contributed by atoms with van der Waals surface area (Å²) in [6, 6.07) is 4.67. The number of nitrogens with one attached hydrogen (secondary N) is 3. The molecule has 1 aromatic carbocycles. The number of anilines is 1. The van der Waals surface area contributed by atoms with E-state index in [1.807, 2.05) is 0 Å². The molecule has 2 unspecified atom stereocenters. The zero-order valence-electron chi connectivity index (χ0n) is 12.8. The van der Waals surface area contributed by atoms with Crippen LogP contribution in [0.3, 0.4) is 0 Å². The minimum atomic E-state index is -3.61. The first kappa shape index (κ1) is 16.2. The molecule has 1 aromatic rings. The summed E-state index contributed by atoms with van der Waals surface area (Å²) in [5.74, 6) is -1.03. The van der Waals surface area contributed by atoms with Gasteiger partial charge in [0.15, 0.2) is 0 Å². The normalized spacial score (nSPS) is 26.8. The first-order chi connectivity index (χ1) is 10.8. The highest BCUT2D eigenvalue weighted by molar-refractivity contribution is 7.92. The van der Waals surface area contributed by atoms with Crippen LogP contribution >= 0.6 is 0 Å². The van der Waals surface area contributed by atoms with Gasteiger partial charge >= 0.3 is 0 Å². The topological polar surface area (TPSA) is 87.3 Å². The standard InChI is InChI=1S/C15H20FN3O3S/c1-23(21,22)19-14-6-9(2-5-13(14)16)15(20)18-12-7-10-3-4-11(8-12)17-10/h2,5-6,10-12,17,19H,3-4,7-8H2,1H3,(H,18,20). The van der Waals surface area contributed by atoms with E-state index < -0.39 is 15.8 Å². The lowest BCUT2D eigenvalue weighted by Gasteiger charge is -2.29. The maximum absolute atomic E-state index is 13.7. The van der Waals surface area contributed by atoms with Crippen molar-refractivity contribution in [3.8, 4) is 0 Å². The largest absolute Gasteiger partial charge is 0.349 e. The number of carbonyl (C=O) groups excluding carboxylic acids is 1. The minimum absolute atomic E-state index is 0.0950. The number of piperidine rings is 1. The molecule has 0 saturated carbocycles. The van der Waals surface area contributed by atoms with E-state index >= 15 is 0 Å². The quantitative estimate of drug-likeness (QED) is 0.768. The van der Waals surface area contributed by atoms with Crippen LogP contribution in [0.2, 0.25) is 0 Å². The molecular weight excluding hydrogens is 321 g/mol. The average molecular weight is 341 g/mol. The minimum Gasteiger partial charge on any atom is -0.349 e. The fourth-order valence-corrected chi connectivity index (χ4v) is 3.94. The molecule has 6 nitrogen and oxygen atoms in total. The molecule has 0 aromatic heterocycles. The molecule has 2 bridgehead atoms. The highest BCUT2D eigenvalue weighted by Gasteiger charge is 2.34. The molecule has 0 aliphatic carbocycles. The molecule has 2 aliphatic heterocycles. The van der Waals surface area contributed by atoms with Gasteiger partial charge in [0.1, 0.15) is 5.82 Å². The third-order valence-corrected chi connectivity index (χ3v) is 4.92. The van der Waals surface area contributed by atoms with Crippen LogP contribution in [0.15, 0.2) is 18.2 Å². The molecule has 2 heterocycles. The van der Waals surface area contributed by atoms with Crippen molar-refractivity contribution in [1.29, 1.82) is 0 Å². The molecule has 23 heavy (non-hydrogen) atoms. The lowest BCUT2D eigenvalue weighted by atomic mass is 9.99. The van der Waals surface area contributed by atoms with Gasteiger partial charge in [0.05, 0.1) is 11.9 Å². The number of fused-ring (bicyclic) bond motifs is 2. The lowest BCUT2D eigenvalue weighted by Crippen LogP contribution is -2.48. The average Bonchev–Trinajstić information content (AvgIpc) is 2.79. The predicted octanol–water partition coefficient (Wildman–Crippen LogP) is 1.21. The fourth-order valence-electron chi connectivity index (χ4n) is 3.39. The van der Waals surface area contributed by atoms with Crippen LogP contribution in [0, 0.1) is 5.82 Å². The van der Waals surface area contributed by atoms with E-state index in [1.165, 1.54) is 12.1 Å². The number of amides is 1. The Morgan fingerprint density at radius 3 is 2.52 bits per heavy atom. The third kappa shape index (κ3) is 4.00. The highest BCUT2D eigenvalue weighted by atomic mass is 32.2. The Balaban J connectivity index is 1.71. The molecule has 0 spiro atoms. The molecule has 126 valence electrons. The SMILES string of the molecule is CS(=O)(=O)Nc1cc(C(=O)NC2CC3CCC(C2)N3)ccc1F. The van der Waals surface area contributed by atoms with Crippen LogP contribution < -0.4 is 15.4 Å². The van der Waals surface area contributed by atoms with Gasteiger partial charge in [0, 0.05) is 23.7 Å². The summed E-state index contributed by atoms with van der Waals surface area (Å²) < 4.78 is 38.2. The van der Waals surface area contributed by atoms with E-state index in [0.29, 0.717) is 12.1 Å². The monoisotopic (exact) mass is 341 g/mol. The molecule has 2 saturated heterocycles. The maximum Gasteiger partial charge on any atom is 0.251 e. The van der Waals surface area contributed by atoms with E-state index in [2.05, 4.69) is 15.4 Å². The highest BCUT2D eigenvalue weighted by Crippen LogP contribution is 2.27. The van der Waals surface area contributed by atoms with Gasteiger partial charge in [-0.05, 0) is 43.9 Å². The molecule has 3 N–H and O–H groups in total. The number of benzene rings is 1. The van der Waals surface area contributed by atoms with Crippen LogP contribution in [0.5, 0.6) is 0 Å². The summed E-state index contributed by atoms with van der Waals surface area (Å²) in [7, 11) is -3.61. The molecular formula is C15H20FN3O3S. The molecule has 2 fully saturated rings. The number of hydrogen-bond donors (Lipinski definition) is 3. The zero-order chi connectivity index (χ0) is 16.6. The van der Waals surface area contributed by atoms with Gasteiger partial charge < -0.3 is 10.6 Å². The Hall–Kier alpha value is -1.67. The Labute approximate surface area is 134 Å². The number of rotatable bonds is 4. The smallest absolute Gasteiger partial charge is 0.251 e. The lowest BCUT2D eigenvalue weighted by molar-refractivity contribution is 0.0924. The van der Waals surface area contributed by atoms with E-state index in [0.717, 1.165) is 38.0 Å². The van der Waals surface area contributed by atoms with Crippen molar-refractivity contribution in [2.45, 2.75) is 43.8 Å². The molecule has 1 amide bonds. The maximum atomic E-state index is 13.7. The Bertz CT molecular complexity index is 711. The third-order valence-electron chi connectivity index (χ3n) is 4.33. The molecule has 8 heteroatoms. The molecule has 0 radical (unpaired) electrons. The number of carbonyl (C=O) groups is 1. The van der Waals surface area contributed by atoms with Gasteiger partial charge in [-0.1, -0.05) is 0 Å². The summed E-state index contributed by atoms with van der Waals surface area (Å²) in [5.41, 5.74) is 0.0222. The predicted molar refractivity (Wildman–Crippen MR) is 85.3 cm³/mol. The number of halogens is 1. The van der Waals surface area contributed by atoms with Crippen LogP contribution in [0.25, 0.3) is 0 Å². The summed E-state index contributed by atoms with van der Waals surface area (Å²) >= 11 is 0. The van der Waals surface area contributed by atoms with Crippen LogP contribution in [-0.2, 0) is 10.0 Å². The second-order valence-electron chi connectivity index (χ2n) is 6.35. The van der Waals surface area contributed by atoms with Crippen molar-refractivity contribution in [3.63, 3.8) is 0 Å². The van der Waals surface area contributed by atoms with Crippen molar-refractivity contribution < 1.29 is 17.6 Å². The van der Waals surface area contributed by atoms with Crippen LogP contribution in [0.1, 0.15) is 36.0 Å². The van der Waals surface area contributed by atoms with Gasteiger partial charge in [0.25, 0.3) is 5.91 Å². The first-order valence-electron chi connectivity index (χ1n) is 7.64. The van der Waals surface area contributed by atoms with Gasteiger partial charge in [-0.25, -0.2) is 12.8 Å². The molecule has 3 rings (SSSR count). The van der Waals surface area contributed by atoms with Crippen molar-refractivity contribution >= 4 is 21.6 Å². The Morgan fingerprint density at radius 2 is 1.91 bits per heavy atom. The van der Waals surface area contributed by atoms with E-state index in [4.69, 9.17) is 0 Å². The van der Waals surface area contributed by atoms with Crippen molar-refractivity contribution in [2.75, 3.05) is 11.0 Å². The van der Waals surface area contributed by atoms with Crippen molar-refractivity contribution in [1.82, 2.24) is 10.6 Å². The second-order valence-corrected chi connectivity index (χ2v) is 8.10. The van der Waals surface area contributed by atoms with Crippen molar-refractivity contribution in [3.05, 3.63) is 29.6 Å². The second kappa shape index (κ2) is 6.09. The number of sulfonamides is 1. The fraction of sp³-hybridized carbons (Fsp3) is 0.533. The molecule has 2 aliphatic rings. The Morgan fingerprint density at radius 1 is 1.26 bits per heavy atom. The first-order valence-corrected chi connectivity index (χ1v) is 9.53. The van der Waals surface area contributed by atoms with E-state index in [-0.39, 0.29) is 23.2 Å². The summed E-state index contributed by atoms with van der Waals surface area (Å²) in [4.78, 5) is 12.3. The summed E-state index contributed by atoms with van der Waals surface area (Å²) in [6.45, 7) is 0. The van der Waals surface area contributed by atoms with Gasteiger partial charge in [-0.15, -0.1) is 0 Å². The van der Waals surface area contributed by atoms with E-state index in [9.17, 15) is 17.6 Å². The van der Waals surface area contributed by atoms with Crippen LogP contribution in [-0.4, -0.2) is 38.7 Å². The van der Waals surface area contributed by atoms with Gasteiger partial charge in [-0.3, -0.25) is 9.52 Å². The molecule has 2 atom stereocenters. The summed E-state index contributed by atoms with van der Waals surface area (Å²) in [6.07, 6.45) is 4.98. The van der Waals surface area contributed by atoms with Gasteiger partial charge in [0.2, 0.25) is 10.0 Å².